The van der Waals surface area contributed by atoms with Gasteiger partial charge in [0, 0.05) is 5.56 Å². The lowest BCUT2D eigenvalue weighted by Gasteiger charge is -2.06. The number of hydrogen-bond donors (Lipinski definition) is 2. The number of nitrogens with two attached hydrogens (primary N) is 1. The van der Waals surface area contributed by atoms with Gasteiger partial charge in [-0.05, 0) is 19.1 Å². The molecular weight excluding hydrogens is 145 g/mol. The van der Waals surface area contributed by atoms with E-state index >= 15 is 0 Å². The van der Waals surface area contributed by atoms with Crippen LogP contribution in [0.1, 0.15) is 17.4 Å². The van der Waals surface area contributed by atoms with Gasteiger partial charge >= 0.3 is 0 Å². The van der Waals surface area contributed by atoms with Gasteiger partial charge in [0.1, 0.15) is 12.0 Å². The third kappa shape index (κ3) is 1.76. The second-order valence-electron chi connectivity index (χ2n) is 2.47. The molecule has 0 bridgehead atoms. The van der Waals surface area contributed by atoms with Crippen LogP contribution >= 0.6 is 0 Å². The summed E-state index contributed by atoms with van der Waals surface area (Å²) in [6, 6.07) is 4.45. The first-order valence-electron chi connectivity index (χ1n) is 3.31. The Morgan fingerprint density at radius 3 is 2.64 bits per heavy atom. The van der Waals surface area contributed by atoms with Crippen LogP contribution in [0, 0.1) is 12.7 Å². The molecule has 1 aromatic carbocycles. The number of aryl methyl sites for hydroxylation is 1. The molecule has 0 aromatic heterocycles. The highest BCUT2D eigenvalue weighted by Gasteiger charge is 2.06. The van der Waals surface area contributed by atoms with Crippen molar-refractivity contribution in [1.29, 1.82) is 0 Å². The first-order chi connectivity index (χ1) is 5.11. The predicted octanol–water partition coefficient (Wildman–Crippen LogP) is 1.08. The quantitative estimate of drug-likeness (QED) is 0.596. The second kappa shape index (κ2) is 2.98. The van der Waals surface area contributed by atoms with Crippen molar-refractivity contribution in [3.05, 3.63) is 35.1 Å². The summed E-state index contributed by atoms with van der Waals surface area (Å²) in [5.41, 5.74) is 6.12. The van der Waals surface area contributed by atoms with Crippen molar-refractivity contribution >= 4 is 0 Å². The van der Waals surface area contributed by atoms with Gasteiger partial charge in [-0.3, -0.25) is 0 Å². The molecule has 1 aromatic rings. The summed E-state index contributed by atoms with van der Waals surface area (Å²) < 4.78 is 12.8. The zero-order chi connectivity index (χ0) is 8.43. The first kappa shape index (κ1) is 8.17. The average Bonchev–Trinajstić information content (AvgIpc) is 1.94. The van der Waals surface area contributed by atoms with Gasteiger partial charge in [-0.15, -0.1) is 0 Å². The lowest BCUT2D eigenvalue weighted by Crippen LogP contribution is -2.10. The Kier molecular flexibility index (Phi) is 2.22. The highest BCUT2D eigenvalue weighted by Crippen LogP contribution is 2.14. The Hall–Kier alpha value is -0.930. The Bertz CT molecular complexity index is 260. The molecule has 0 aliphatic heterocycles. The third-order valence-electron chi connectivity index (χ3n) is 1.47. The summed E-state index contributed by atoms with van der Waals surface area (Å²) in [6.45, 7) is 1.81. The van der Waals surface area contributed by atoms with Gasteiger partial charge in [0.15, 0.2) is 0 Å². The topological polar surface area (TPSA) is 46.2 Å². The normalized spacial score (nSPS) is 13.1. The van der Waals surface area contributed by atoms with Gasteiger partial charge in [-0.25, -0.2) is 4.39 Å². The number of halogens is 1. The molecule has 60 valence electrons. The van der Waals surface area contributed by atoms with Gasteiger partial charge in [0.05, 0.1) is 0 Å². The number of aliphatic hydroxyl groups excluding tert-OH is 1. The van der Waals surface area contributed by atoms with E-state index in [0.29, 0.717) is 0 Å². The molecule has 0 heterocycles. The monoisotopic (exact) mass is 155 g/mol. The summed E-state index contributed by atoms with van der Waals surface area (Å²) in [4.78, 5) is 0. The van der Waals surface area contributed by atoms with Crippen LogP contribution in [0.2, 0.25) is 0 Å². The third-order valence-corrected chi connectivity index (χ3v) is 1.47. The molecule has 0 radical (unpaired) electrons. The van der Waals surface area contributed by atoms with E-state index in [1.807, 2.05) is 6.92 Å². The van der Waals surface area contributed by atoms with Crippen molar-refractivity contribution in [2.45, 2.75) is 13.2 Å². The molecule has 3 N–H and O–H groups in total. The number of benzene rings is 1. The highest BCUT2D eigenvalue weighted by molar-refractivity contribution is 5.25. The second-order valence-corrected chi connectivity index (χ2v) is 2.47. The Balaban J connectivity index is 3.13. The van der Waals surface area contributed by atoms with E-state index < -0.39 is 12.0 Å². The zero-order valence-corrected chi connectivity index (χ0v) is 6.21. The van der Waals surface area contributed by atoms with Crippen molar-refractivity contribution in [2.24, 2.45) is 5.73 Å². The summed E-state index contributed by atoms with van der Waals surface area (Å²) in [6.07, 6.45) is -1.23. The van der Waals surface area contributed by atoms with Crippen molar-refractivity contribution in [3.8, 4) is 0 Å². The number of rotatable bonds is 1. The fourth-order valence-corrected chi connectivity index (χ4v) is 0.890. The van der Waals surface area contributed by atoms with Crippen molar-refractivity contribution < 1.29 is 9.50 Å². The molecule has 0 amide bonds. The van der Waals surface area contributed by atoms with Crippen LogP contribution in [-0.4, -0.2) is 5.11 Å². The Morgan fingerprint density at radius 1 is 1.55 bits per heavy atom. The fourth-order valence-electron chi connectivity index (χ4n) is 0.890. The summed E-state index contributed by atoms with van der Waals surface area (Å²) in [7, 11) is 0. The molecule has 0 saturated carbocycles. The lowest BCUT2D eigenvalue weighted by atomic mass is 10.1. The van der Waals surface area contributed by atoms with Crippen molar-refractivity contribution in [3.63, 3.8) is 0 Å². The molecule has 0 saturated heterocycles. The molecule has 1 rings (SSSR count). The molecule has 3 heteroatoms. The zero-order valence-electron chi connectivity index (χ0n) is 6.21. The van der Waals surface area contributed by atoms with E-state index in [1.165, 1.54) is 12.1 Å². The van der Waals surface area contributed by atoms with Crippen LogP contribution in [0.25, 0.3) is 0 Å². The summed E-state index contributed by atoms with van der Waals surface area (Å²) >= 11 is 0. The molecule has 0 spiro atoms. The van der Waals surface area contributed by atoms with Gasteiger partial charge in [-0.1, -0.05) is 11.6 Å². The predicted molar refractivity (Wildman–Crippen MR) is 40.3 cm³/mol. The number of hydrogen-bond acceptors (Lipinski definition) is 2. The molecule has 1 unspecified atom stereocenters. The van der Waals surface area contributed by atoms with E-state index in [1.54, 1.807) is 6.07 Å². The van der Waals surface area contributed by atoms with E-state index in [9.17, 15) is 4.39 Å². The minimum atomic E-state index is -1.23. The Labute approximate surface area is 64.5 Å². The standard InChI is InChI=1S/C8H10FNO/c1-5-2-3-7(9)6(4-5)8(10)11/h2-4,8,11H,10H2,1H3. The maximum Gasteiger partial charge on any atom is 0.131 e. The van der Waals surface area contributed by atoms with Gasteiger partial charge in [0.2, 0.25) is 0 Å². The molecule has 0 aliphatic rings. The highest BCUT2D eigenvalue weighted by atomic mass is 19.1. The van der Waals surface area contributed by atoms with Crippen LogP contribution in [0.3, 0.4) is 0 Å². The largest absolute Gasteiger partial charge is 0.374 e. The first-order valence-corrected chi connectivity index (χ1v) is 3.31. The molecule has 0 fully saturated rings. The Morgan fingerprint density at radius 2 is 2.18 bits per heavy atom. The minimum absolute atomic E-state index is 0.144. The lowest BCUT2D eigenvalue weighted by molar-refractivity contribution is 0.181. The average molecular weight is 155 g/mol. The van der Waals surface area contributed by atoms with Crippen molar-refractivity contribution in [1.82, 2.24) is 0 Å². The minimum Gasteiger partial charge on any atom is -0.374 e. The van der Waals surface area contributed by atoms with Gasteiger partial charge in [-0.2, -0.15) is 0 Å². The van der Waals surface area contributed by atoms with E-state index in [2.05, 4.69) is 0 Å². The van der Waals surface area contributed by atoms with Gasteiger partial charge < -0.3 is 10.8 Å². The summed E-state index contributed by atoms with van der Waals surface area (Å²) in [5, 5.41) is 8.87. The smallest absolute Gasteiger partial charge is 0.131 e. The van der Waals surface area contributed by atoms with E-state index in [0.717, 1.165) is 5.56 Å². The van der Waals surface area contributed by atoms with Crippen LogP contribution in [0.4, 0.5) is 4.39 Å². The SMILES string of the molecule is Cc1ccc(F)c(C(N)O)c1. The molecule has 2 nitrogen and oxygen atoms in total. The van der Waals surface area contributed by atoms with Crippen LogP contribution in [0.5, 0.6) is 0 Å². The maximum absolute atomic E-state index is 12.8. The molecular formula is C8H10FNO. The van der Waals surface area contributed by atoms with Crippen molar-refractivity contribution in [2.75, 3.05) is 0 Å². The molecule has 11 heavy (non-hydrogen) atoms. The maximum atomic E-state index is 12.8. The number of aliphatic hydroxyl groups is 1. The summed E-state index contributed by atoms with van der Waals surface area (Å²) in [5.74, 6) is -0.467. The fraction of sp³-hybridized carbons (Fsp3) is 0.250. The van der Waals surface area contributed by atoms with E-state index in [-0.39, 0.29) is 5.56 Å². The van der Waals surface area contributed by atoms with Gasteiger partial charge in [0.25, 0.3) is 0 Å². The molecule has 1 atom stereocenters. The van der Waals surface area contributed by atoms with E-state index in [4.69, 9.17) is 10.8 Å². The van der Waals surface area contributed by atoms with Crippen LogP contribution in [-0.2, 0) is 0 Å². The van der Waals surface area contributed by atoms with Crippen LogP contribution < -0.4 is 5.73 Å². The molecule has 0 aliphatic carbocycles. The van der Waals surface area contributed by atoms with Crippen LogP contribution in [0.15, 0.2) is 18.2 Å².